The van der Waals surface area contributed by atoms with Crippen molar-refractivity contribution in [1.82, 2.24) is 14.9 Å². The summed E-state index contributed by atoms with van der Waals surface area (Å²) in [6, 6.07) is 21.0. The first kappa shape index (κ1) is 23.1. The zero-order valence-corrected chi connectivity index (χ0v) is 19.6. The SMILES string of the molecule is CCn1c(=O)c(=O)[nH]c2cc(C(=O)NC3CC(=O)N(c4ccc(Oc5ccccc5)cc4)C3)ccc21. The molecule has 2 N–H and O–H groups in total. The zero-order chi connectivity index (χ0) is 25.2. The number of carbonyl (C=O) groups is 2. The van der Waals surface area contributed by atoms with Crippen molar-refractivity contribution in [2.75, 3.05) is 11.4 Å². The van der Waals surface area contributed by atoms with Gasteiger partial charge in [0.2, 0.25) is 5.91 Å². The summed E-state index contributed by atoms with van der Waals surface area (Å²) in [5.74, 6) is 0.926. The number of fused-ring (bicyclic) bond motifs is 1. The molecular formula is C27H24N4O5. The third kappa shape index (κ3) is 4.50. The fraction of sp³-hybridized carbons (Fsp3) is 0.185. The minimum absolute atomic E-state index is 0.0909. The van der Waals surface area contributed by atoms with Gasteiger partial charge in [0.05, 0.1) is 17.1 Å². The molecule has 1 unspecified atom stereocenters. The summed E-state index contributed by atoms with van der Waals surface area (Å²) in [5, 5.41) is 2.90. The van der Waals surface area contributed by atoms with Crippen LogP contribution in [0, 0.1) is 0 Å². The van der Waals surface area contributed by atoms with Gasteiger partial charge in [0.1, 0.15) is 11.5 Å². The van der Waals surface area contributed by atoms with Crippen LogP contribution in [0.4, 0.5) is 5.69 Å². The minimum Gasteiger partial charge on any atom is -0.457 e. The van der Waals surface area contributed by atoms with Gasteiger partial charge in [-0.2, -0.15) is 0 Å². The molecule has 9 nitrogen and oxygen atoms in total. The number of anilines is 1. The van der Waals surface area contributed by atoms with E-state index in [1.807, 2.05) is 42.5 Å². The third-order valence-corrected chi connectivity index (χ3v) is 6.14. The van der Waals surface area contributed by atoms with Crippen molar-refractivity contribution in [3.8, 4) is 11.5 Å². The average Bonchev–Trinajstić information content (AvgIpc) is 3.25. The van der Waals surface area contributed by atoms with Crippen LogP contribution < -0.4 is 26.1 Å². The number of aryl methyl sites for hydroxylation is 1. The number of rotatable bonds is 6. The van der Waals surface area contributed by atoms with Crippen molar-refractivity contribution in [1.29, 1.82) is 0 Å². The standard InChI is InChI=1S/C27H24N4O5/c1-2-30-23-13-8-17(14-22(23)29-26(34)27(30)35)25(33)28-18-15-24(32)31(16-18)19-9-11-21(12-10-19)36-20-6-4-3-5-7-20/h3-14,18H,2,15-16H2,1H3,(H,28,33)(H,29,34). The molecule has 5 rings (SSSR count). The first-order valence-electron chi connectivity index (χ1n) is 11.6. The average molecular weight is 485 g/mol. The Balaban J connectivity index is 1.27. The lowest BCUT2D eigenvalue weighted by molar-refractivity contribution is -0.117. The van der Waals surface area contributed by atoms with Gasteiger partial charge >= 0.3 is 11.1 Å². The number of ether oxygens (including phenoxy) is 1. The van der Waals surface area contributed by atoms with Gasteiger partial charge in [0.15, 0.2) is 0 Å². The third-order valence-electron chi connectivity index (χ3n) is 6.14. The molecule has 36 heavy (non-hydrogen) atoms. The fourth-order valence-electron chi connectivity index (χ4n) is 4.38. The lowest BCUT2D eigenvalue weighted by Gasteiger charge is -2.18. The maximum Gasteiger partial charge on any atom is 0.316 e. The highest BCUT2D eigenvalue weighted by Gasteiger charge is 2.32. The molecule has 9 heteroatoms. The Hall–Kier alpha value is -4.66. The number of benzene rings is 3. The van der Waals surface area contributed by atoms with Crippen molar-refractivity contribution in [2.24, 2.45) is 0 Å². The Kier molecular flexibility index (Phi) is 6.12. The summed E-state index contributed by atoms with van der Waals surface area (Å²) in [4.78, 5) is 53.7. The van der Waals surface area contributed by atoms with Crippen LogP contribution in [0.25, 0.3) is 11.0 Å². The molecule has 1 aliphatic heterocycles. The normalized spacial score (nSPS) is 15.3. The molecule has 0 radical (unpaired) electrons. The molecule has 2 amide bonds. The zero-order valence-electron chi connectivity index (χ0n) is 19.6. The van der Waals surface area contributed by atoms with Gasteiger partial charge < -0.3 is 24.5 Å². The topological polar surface area (TPSA) is 114 Å². The quantitative estimate of drug-likeness (QED) is 0.409. The van der Waals surface area contributed by atoms with Crippen molar-refractivity contribution >= 4 is 28.5 Å². The molecule has 4 aromatic rings. The largest absolute Gasteiger partial charge is 0.457 e. The molecule has 1 fully saturated rings. The number of nitrogens with one attached hydrogen (secondary N) is 2. The van der Waals surface area contributed by atoms with Crippen LogP contribution in [0.1, 0.15) is 23.7 Å². The molecular weight excluding hydrogens is 460 g/mol. The monoisotopic (exact) mass is 484 g/mol. The van der Waals surface area contributed by atoms with Crippen LogP contribution in [0.3, 0.4) is 0 Å². The number of nitrogens with zero attached hydrogens (tertiary/aromatic N) is 2. The molecule has 1 aliphatic rings. The second-order valence-corrected chi connectivity index (χ2v) is 8.52. The van der Waals surface area contributed by atoms with Gasteiger partial charge in [-0.3, -0.25) is 19.2 Å². The summed E-state index contributed by atoms with van der Waals surface area (Å²) < 4.78 is 7.16. The molecule has 0 spiro atoms. The second kappa shape index (κ2) is 9.53. The Bertz CT molecular complexity index is 1560. The van der Waals surface area contributed by atoms with Gasteiger partial charge in [-0.05, 0) is 61.5 Å². The Morgan fingerprint density at radius 1 is 1.00 bits per heavy atom. The smallest absolute Gasteiger partial charge is 0.316 e. The molecule has 0 saturated carbocycles. The summed E-state index contributed by atoms with van der Waals surface area (Å²) in [6.45, 7) is 2.45. The summed E-state index contributed by atoms with van der Waals surface area (Å²) in [5.41, 5.74) is 0.618. The number of para-hydroxylation sites is 1. The van der Waals surface area contributed by atoms with E-state index in [0.717, 1.165) is 11.4 Å². The van der Waals surface area contributed by atoms with E-state index < -0.39 is 11.1 Å². The van der Waals surface area contributed by atoms with Gasteiger partial charge in [-0.25, -0.2) is 0 Å². The van der Waals surface area contributed by atoms with Crippen LogP contribution in [-0.2, 0) is 11.3 Å². The molecule has 3 aromatic carbocycles. The van der Waals surface area contributed by atoms with Gasteiger partial charge in [0.25, 0.3) is 5.91 Å². The number of aromatic amines is 1. The van der Waals surface area contributed by atoms with E-state index in [4.69, 9.17) is 4.74 Å². The molecule has 0 aliphatic carbocycles. The van der Waals surface area contributed by atoms with Crippen molar-refractivity contribution in [3.63, 3.8) is 0 Å². The highest BCUT2D eigenvalue weighted by Crippen LogP contribution is 2.27. The number of amides is 2. The van der Waals surface area contributed by atoms with E-state index in [-0.39, 0.29) is 24.3 Å². The molecule has 182 valence electrons. The number of hydrogen-bond donors (Lipinski definition) is 2. The maximum absolute atomic E-state index is 12.9. The highest BCUT2D eigenvalue weighted by molar-refractivity contribution is 6.00. The van der Waals surface area contributed by atoms with E-state index in [1.165, 1.54) is 10.6 Å². The Morgan fingerprint density at radius 2 is 1.72 bits per heavy atom. The molecule has 2 heterocycles. The van der Waals surface area contributed by atoms with Crippen LogP contribution in [0.5, 0.6) is 11.5 Å². The summed E-state index contributed by atoms with van der Waals surface area (Å²) in [7, 11) is 0. The van der Waals surface area contributed by atoms with E-state index in [9.17, 15) is 19.2 Å². The Morgan fingerprint density at radius 3 is 2.44 bits per heavy atom. The van der Waals surface area contributed by atoms with Crippen molar-refractivity contribution in [3.05, 3.63) is 99.1 Å². The number of H-pyrrole nitrogens is 1. The fourth-order valence-corrected chi connectivity index (χ4v) is 4.38. The summed E-state index contributed by atoms with van der Waals surface area (Å²) >= 11 is 0. The number of aromatic nitrogens is 2. The highest BCUT2D eigenvalue weighted by atomic mass is 16.5. The van der Waals surface area contributed by atoms with E-state index in [1.54, 1.807) is 36.1 Å². The second-order valence-electron chi connectivity index (χ2n) is 8.52. The van der Waals surface area contributed by atoms with Gasteiger partial charge in [0, 0.05) is 30.8 Å². The number of hydrogen-bond acceptors (Lipinski definition) is 5. The Labute approximate surface area is 205 Å². The van der Waals surface area contributed by atoms with E-state index in [2.05, 4.69) is 10.3 Å². The van der Waals surface area contributed by atoms with E-state index in [0.29, 0.717) is 35.4 Å². The van der Waals surface area contributed by atoms with Crippen LogP contribution in [-0.4, -0.2) is 34.0 Å². The first-order chi connectivity index (χ1) is 17.4. The number of carbonyl (C=O) groups excluding carboxylic acids is 2. The first-order valence-corrected chi connectivity index (χ1v) is 11.6. The van der Waals surface area contributed by atoms with Crippen molar-refractivity contribution in [2.45, 2.75) is 25.9 Å². The van der Waals surface area contributed by atoms with Crippen LogP contribution in [0.2, 0.25) is 0 Å². The van der Waals surface area contributed by atoms with Crippen LogP contribution >= 0.6 is 0 Å². The van der Waals surface area contributed by atoms with Crippen molar-refractivity contribution < 1.29 is 14.3 Å². The van der Waals surface area contributed by atoms with E-state index >= 15 is 0 Å². The molecule has 1 atom stereocenters. The molecule has 1 saturated heterocycles. The maximum atomic E-state index is 12.9. The lowest BCUT2D eigenvalue weighted by atomic mass is 10.1. The molecule has 0 bridgehead atoms. The molecule has 1 aromatic heterocycles. The van der Waals surface area contributed by atoms with Crippen LogP contribution in [0.15, 0.2) is 82.4 Å². The predicted octanol–water partition coefficient (Wildman–Crippen LogP) is 3.04. The lowest BCUT2D eigenvalue weighted by Crippen LogP contribution is -2.37. The predicted molar refractivity (Wildman–Crippen MR) is 136 cm³/mol. The summed E-state index contributed by atoms with van der Waals surface area (Å²) in [6.07, 6.45) is 0.174. The van der Waals surface area contributed by atoms with Gasteiger partial charge in [-0.15, -0.1) is 0 Å². The minimum atomic E-state index is -0.737. The van der Waals surface area contributed by atoms with Gasteiger partial charge in [-0.1, -0.05) is 18.2 Å².